The number of rotatable bonds is 5. The minimum atomic E-state index is -3.14. The van der Waals surface area contributed by atoms with E-state index >= 15 is 0 Å². The van der Waals surface area contributed by atoms with Gasteiger partial charge in [0.15, 0.2) is 5.78 Å². The Bertz CT molecular complexity index is 487. The SMILES string of the molecule is CCCS(=O)(=O)CCC1(C#N)CCCC(C)(C)C1=O. The van der Waals surface area contributed by atoms with Crippen LogP contribution in [-0.4, -0.2) is 25.7 Å². The van der Waals surface area contributed by atoms with E-state index in [1.165, 1.54) is 0 Å². The van der Waals surface area contributed by atoms with E-state index in [9.17, 15) is 18.5 Å². The van der Waals surface area contributed by atoms with Crippen molar-refractivity contribution in [3.05, 3.63) is 0 Å². The lowest BCUT2D eigenvalue weighted by Gasteiger charge is -2.38. The van der Waals surface area contributed by atoms with Gasteiger partial charge in [-0.2, -0.15) is 5.26 Å². The Balaban J connectivity index is 2.89. The molecule has 0 heterocycles. The second-order valence-corrected chi connectivity index (χ2v) is 8.47. The zero-order valence-electron chi connectivity index (χ0n) is 12.0. The zero-order valence-corrected chi connectivity index (χ0v) is 12.8. The molecule has 1 aliphatic carbocycles. The van der Waals surface area contributed by atoms with Crippen molar-refractivity contribution in [1.82, 2.24) is 0 Å². The Morgan fingerprint density at radius 3 is 2.42 bits per heavy atom. The molecule has 0 aromatic carbocycles. The molecule has 1 unspecified atom stereocenters. The van der Waals surface area contributed by atoms with E-state index in [0.29, 0.717) is 12.8 Å². The normalized spacial score (nSPS) is 26.9. The first-order valence-corrected chi connectivity index (χ1v) is 8.68. The van der Waals surface area contributed by atoms with E-state index in [2.05, 4.69) is 6.07 Å². The van der Waals surface area contributed by atoms with E-state index < -0.39 is 20.7 Å². The summed E-state index contributed by atoms with van der Waals surface area (Å²) in [7, 11) is -3.14. The van der Waals surface area contributed by atoms with Crippen molar-refractivity contribution in [2.24, 2.45) is 10.8 Å². The van der Waals surface area contributed by atoms with Crippen LogP contribution in [-0.2, 0) is 14.6 Å². The molecule has 0 saturated heterocycles. The fraction of sp³-hybridized carbons (Fsp3) is 0.857. The van der Waals surface area contributed by atoms with E-state index in [1.54, 1.807) is 0 Å². The van der Waals surface area contributed by atoms with Crippen LogP contribution in [0, 0.1) is 22.2 Å². The molecular formula is C14H23NO3S. The third kappa shape index (κ3) is 3.56. The molecule has 0 radical (unpaired) electrons. The quantitative estimate of drug-likeness (QED) is 0.777. The minimum absolute atomic E-state index is 0.0593. The van der Waals surface area contributed by atoms with Gasteiger partial charge in [-0.25, -0.2) is 8.42 Å². The molecule has 1 aliphatic rings. The smallest absolute Gasteiger partial charge is 0.158 e. The lowest BCUT2D eigenvalue weighted by molar-refractivity contribution is -0.138. The Morgan fingerprint density at radius 1 is 1.26 bits per heavy atom. The number of nitriles is 1. The molecule has 0 N–H and O–H groups in total. The van der Waals surface area contributed by atoms with Crippen molar-refractivity contribution in [2.75, 3.05) is 11.5 Å². The van der Waals surface area contributed by atoms with Gasteiger partial charge in [0.25, 0.3) is 0 Å². The Morgan fingerprint density at radius 2 is 1.89 bits per heavy atom. The molecule has 0 amide bonds. The molecule has 0 aliphatic heterocycles. The fourth-order valence-electron chi connectivity index (χ4n) is 2.85. The van der Waals surface area contributed by atoms with Crippen LogP contribution in [0.4, 0.5) is 0 Å². The second-order valence-electron chi connectivity index (χ2n) is 6.16. The number of ketones is 1. The summed E-state index contributed by atoms with van der Waals surface area (Å²) in [5, 5.41) is 9.41. The maximum Gasteiger partial charge on any atom is 0.158 e. The number of nitrogens with zero attached hydrogens (tertiary/aromatic N) is 1. The van der Waals surface area contributed by atoms with Gasteiger partial charge in [0.05, 0.1) is 11.8 Å². The maximum absolute atomic E-state index is 12.5. The number of sulfone groups is 1. The van der Waals surface area contributed by atoms with Crippen molar-refractivity contribution < 1.29 is 13.2 Å². The average molecular weight is 285 g/mol. The van der Waals surface area contributed by atoms with Crippen LogP contribution in [0.5, 0.6) is 0 Å². The molecule has 1 fully saturated rings. The van der Waals surface area contributed by atoms with Crippen molar-refractivity contribution in [3.8, 4) is 6.07 Å². The number of carbonyl (C=O) groups excluding carboxylic acids is 1. The van der Waals surface area contributed by atoms with Gasteiger partial charge in [-0.15, -0.1) is 0 Å². The number of hydrogen-bond acceptors (Lipinski definition) is 4. The molecule has 0 spiro atoms. The summed E-state index contributed by atoms with van der Waals surface area (Å²) in [5.74, 6) is -0.0112. The summed E-state index contributed by atoms with van der Waals surface area (Å²) in [4.78, 5) is 12.5. The van der Waals surface area contributed by atoms with Gasteiger partial charge in [-0.05, 0) is 25.7 Å². The lowest BCUT2D eigenvalue weighted by Crippen LogP contribution is -2.44. The van der Waals surface area contributed by atoms with Gasteiger partial charge in [0.1, 0.15) is 15.3 Å². The zero-order chi connectivity index (χ0) is 14.7. The van der Waals surface area contributed by atoms with Crippen molar-refractivity contribution in [3.63, 3.8) is 0 Å². The highest BCUT2D eigenvalue weighted by Gasteiger charge is 2.49. The Kier molecular flexibility index (Phi) is 4.78. The van der Waals surface area contributed by atoms with Gasteiger partial charge < -0.3 is 0 Å². The molecule has 1 rings (SSSR count). The molecule has 1 atom stereocenters. The Hall–Kier alpha value is -0.890. The third-order valence-electron chi connectivity index (χ3n) is 4.02. The largest absolute Gasteiger partial charge is 0.297 e. The van der Waals surface area contributed by atoms with Crippen LogP contribution >= 0.6 is 0 Å². The molecule has 1 saturated carbocycles. The highest BCUT2D eigenvalue weighted by atomic mass is 32.2. The number of hydrogen-bond donors (Lipinski definition) is 0. The lowest BCUT2D eigenvalue weighted by atomic mass is 9.62. The van der Waals surface area contributed by atoms with E-state index in [1.807, 2.05) is 20.8 Å². The summed E-state index contributed by atoms with van der Waals surface area (Å²) >= 11 is 0. The van der Waals surface area contributed by atoms with Crippen LogP contribution in [0.2, 0.25) is 0 Å². The van der Waals surface area contributed by atoms with E-state index in [0.717, 1.165) is 12.8 Å². The second kappa shape index (κ2) is 5.62. The molecule has 0 bridgehead atoms. The van der Waals surface area contributed by atoms with Crippen LogP contribution in [0.1, 0.15) is 52.9 Å². The summed E-state index contributed by atoms with van der Waals surface area (Å²) < 4.78 is 23.6. The highest BCUT2D eigenvalue weighted by Crippen LogP contribution is 2.44. The first-order chi connectivity index (χ1) is 8.69. The summed E-state index contributed by atoms with van der Waals surface area (Å²) in [6, 6.07) is 2.12. The van der Waals surface area contributed by atoms with Gasteiger partial charge in [-0.1, -0.05) is 27.2 Å². The van der Waals surface area contributed by atoms with Gasteiger partial charge in [-0.3, -0.25) is 4.79 Å². The minimum Gasteiger partial charge on any atom is -0.297 e. The van der Waals surface area contributed by atoms with Crippen LogP contribution in [0.3, 0.4) is 0 Å². The standard InChI is InChI=1S/C14H23NO3S/c1-4-9-19(17,18)10-8-14(11-15)7-5-6-13(2,3)12(14)16/h4-10H2,1-3H3. The van der Waals surface area contributed by atoms with Crippen LogP contribution in [0.15, 0.2) is 0 Å². The highest BCUT2D eigenvalue weighted by molar-refractivity contribution is 7.91. The van der Waals surface area contributed by atoms with Crippen molar-refractivity contribution in [2.45, 2.75) is 52.9 Å². The van der Waals surface area contributed by atoms with E-state index in [4.69, 9.17) is 0 Å². The summed E-state index contributed by atoms with van der Waals surface area (Å²) in [6.07, 6.45) is 2.79. The summed E-state index contributed by atoms with van der Waals surface area (Å²) in [5.41, 5.74) is -1.61. The topological polar surface area (TPSA) is 75.0 Å². The van der Waals surface area contributed by atoms with Crippen molar-refractivity contribution >= 4 is 15.6 Å². The number of carbonyl (C=O) groups is 1. The molecule has 0 aromatic heterocycles. The molecule has 108 valence electrons. The molecule has 0 aromatic rings. The predicted octanol–water partition coefficient (Wildman–Crippen LogP) is 2.49. The average Bonchev–Trinajstić information content (AvgIpc) is 2.31. The van der Waals surface area contributed by atoms with Crippen LogP contribution in [0.25, 0.3) is 0 Å². The fourth-order valence-corrected chi connectivity index (χ4v) is 4.34. The molecule has 5 heteroatoms. The maximum atomic E-state index is 12.5. The third-order valence-corrected chi connectivity index (χ3v) is 5.88. The molecular weight excluding hydrogens is 262 g/mol. The number of Topliss-reactive ketones (excluding diaryl/α,β-unsaturated/α-hetero) is 1. The first kappa shape index (κ1) is 16.2. The van der Waals surface area contributed by atoms with E-state index in [-0.39, 0.29) is 23.7 Å². The Labute approximate surface area is 116 Å². The van der Waals surface area contributed by atoms with Gasteiger partial charge in [0.2, 0.25) is 0 Å². The predicted molar refractivity (Wildman–Crippen MR) is 74.2 cm³/mol. The monoisotopic (exact) mass is 285 g/mol. The van der Waals surface area contributed by atoms with Crippen molar-refractivity contribution in [1.29, 1.82) is 5.26 Å². The first-order valence-electron chi connectivity index (χ1n) is 6.86. The summed E-state index contributed by atoms with van der Waals surface area (Å²) in [6.45, 7) is 5.51. The van der Waals surface area contributed by atoms with Crippen LogP contribution < -0.4 is 0 Å². The van der Waals surface area contributed by atoms with Gasteiger partial charge >= 0.3 is 0 Å². The van der Waals surface area contributed by atoms with Gasteiger partial charge in [0, 0.05) is 11.2 Å². The molecule has 19 heavy (non-hydrogen) atoms. The molecule has 4 nitrogen and oxygen atoms in total.